The lowest BCUT2D eigenvalue weighted by molar-refractivity contribution is 0.129. The first-order valence-corrected chi connectivity index (χ1v) is 8.46. The van der Waals surface area contributed by atoms with Gasteiger partial charge in [0.25, 0.3) is 0 Å². The number of nitrogens with zero attached hydrogens (tertiary/aromatic N) is 4. The highest BCUT2D eigenvalue weighted by molar-refractivity contribution is 5.90. The maximum absolute atomic E-state index is 12.4. The minimum atomic E-state index is -0.0229. The van der Waals surface area contributed by atoms with Crippen LogP contribution in [-0.4, -0.2) is 38.8 Å². The molecule has 128 valence electrons. The Bertz CT molecular complexity index is 731. The Balaban J connectivity index is 1.54. The minimum absolute atomic E-state index is 0.0229. The van der Waals surface area contributed by atoms with Crippen LogP contribution in [0, 0.1) is 19.8 Å². The smallest absolute Gasteiger partial charge is 0.321 e. The average molecular weight is 327 g/mol. The van der Waals surface area contributed by atoms with E-state index in [0.29, 0.717) is 12.0 Å². The van der Waals surface area contributed by atoms with Crippen molar-refractivity contribution in [2.45, 2.75) is 40.2 Å². The second kappa shape index (κ2) is 6.63. The summed E-state index contributed by atoms with van der Waals surface area (Å²) in [6, 6.07) is 6.30. The minimum Gasteiger partial charge on any atom is -0.324 e. The first kappa shape index (κ1) is 16.5. The van der Waals surface area contributed by atoms with E-state index in [1.165, 1.54) is 5.56 Å². The molecule has 6 heteroatoms. The van der Waals surface area contributed by atoms with Crippen LogP contribution in [0.4, 0.5) is 10.5 Å². The Morgan fingerprint density at radius 2 is 2.08 bits per heavy atom. The van der Waals surface area contributed by atoms with Gasteiger partial charge < -0.3 is 14.8 Å². The monoisotopic (exact) mass is 327 g/mol. The van der Waals surface area contributed by atoms with Gasteiger partial charge in [0, 0.05) is 37.2 Å². The van der Waals surface area contributed by atoms with Gasteiger partial charge in [0.2, 0.25) is 0 Å². The standard InChI is InChI=1S/C18H25N5O/c1-12(2)23-11-19-21-17(23)8-15-9-22(10-15)18(24)20-16-7-5-6-13(3)14(16)4/h5-7,11-12,15H,8-10H2,1-4H3,(H,20,24). The maximum atomic E-state index is 12.4. The van der Waals surface area contributed by atoms with Gasteiger partial charge in [-0.1, -0.05) is 12.1 Å². The van der Waals surface area contributed by atoms with E-state index in [1.54, 1.807) is 6.33 Å². The van der Waals surface area contributed by atoms with Gasteiger partial charge in [0.05, 0.1) is 0 Å². The zero-order chi connectivity index (χ0) is 17.3. The van der Waals surface area contributed by atoms with Gasteiger partial charge in [-0.05, 0) is 44.9 Å². The second-order valence-electron chi connectivity index (χ2n) is 6.90. The highest BCUT2D eigenvalue weighted by atomic mass is 16.2. The van der Waals surface area contributed by atoms with Crippen molar-refractivity contribution in [3.63, 3.8) is 0 Å². The number of benzene rings is 1. The number of anilines is 1. The van der Waals surface area contributed by atoms with E-state index >= 15 is 0 Å². The zero-order valence-electron chi connectivity index (χ0n) is 14.8. The van der Waals surface area contributed by atoms with Crippen molar-refractivity contribution >= 4 is 11.7 Å². The third kappa shape index (κ3) is 3.27. The van der Waals surface area contributed by atoms with Crippen molar-refractivity contribution in [1.82, 2.24) is 19.7 Å². The van der Waals surface area contributed by atoms with Crippen molar-refractivity contribution in [1.29, 1.82) is 0 Å². The Morgan fingerprint density at radius 3 is 2.79 bits per heavy atom. The van der Waals surface area contributed by atoms with Crippen LogP contribution in [0.5, 0.6) is 0 Å². The molecule has 24 heavy (non-hydrogen) atoms. The van der Waals surface area contributed by atoms with Gasteiger partial charge >= 0.3 is 6.03 Å². The molecule has 1 aromatic heterocycles. The number of urea groups is 1. The predicted octanol–water partition coefficient (Wildman–Crippen LogP) is 3.18. The fourth-order valence-electron chi connectivity index (χ4n) is 3.05. The lowest BCUT2D eigenvalue weighted by Gasteiger charge is -2.39. The largest absolute Gasteiger partial charge is 0.324 e. The molecular weight excluding hydrogens is 302 g/mol. The molecule has 0 radical (unpaired) electrons. The molecule has 0 saturated carbocycles. The van der Waals surface area contributed by atoms with Gasteiger partial charge in [0.15, 0.2) is 0 Å². The molecule has 0 atom stereocenters. The summed E-state index contributed by atoms with van der Waals surface area (Å²) in [7, 11) is 0. The molecule has 6 nitrogen and oxygen atoms in total. The highest BCUT2D eigenvalue weighted by Crippen LogP contribution is 2.23. The Labute approximate surface area is 142 Å². The molecule has 2 aromatic rings. The van der Waals surface area contributed by atoms with E-state index < -0.39 is 0 Å². The molecule has 3 rings (SSSR count). The van der Waals surface area contributed by atoms with E-state index in [-0.39, 0.29) is 6.03 Å². The van der Waals surface area contributed by atoms with E-state index in [9.17, 15) is 4.79 Å². The number of nitrogens with one attached hydrogen (secondary N) is 1. The molecule has 1 N–H and O–H groups in total. The number of rotatable bonds is 4. The van der Waals surface area contributed by atoms with E-state index in [2.05, 4.69) is 46.9 Å². The van der Waals surface area contributed by atoms with Crippen molar-refractivity contribution in [3.05, 3.63) is 41.5 Å². The van der Waals surface area contributed by atoms with Crippen molar-refractivity contribution < 1.29 is 4.79 Å². The van der Waals surface area contributed by atoms with Gasteiger partial charge in [-0.15, -0.1) is 10.2 Å². The second-order valence-corrected chi connectivity index (χ2v) is 6.90. The van der Waals surface area contributed by atoms with Gasteiger partial charge in [-0.2, -0.15) is 0 Å². The summed E-state index contributed by atoms with van der Waals surface area (Å²) < 4.78 is 2.10. The van der Waals surface area contributed by atoms with Crippen LogP contribution in [0.3, 0.4) is 0 Å². The molecule has 1 aliphatic heterocycles. The van der Waals surface area contributed by atoms with Crippen molar-refractivity contribution in [2.24, 2.45) is 5.92 Å². The number of hydrogen-bond acceptors (Lipinski definition) is 3. The number of aryl methyl sites for hydroxylation is 1. The van der Waals surface area contributed by atoms with Crippen molar-refractivity contribution in [3.8, 4) is 0 Å². The third-order valence-electron chi connectivity index (χ3n) is 4.77. The fourth-order valence-corrected chi connectivity index (χ4v) is 3.05. The zero-order valence-corrected chi connectivity index (χ0v) is 14.8. The third-order valence-corrected chi connectivity index (χ3v) is 4.77. The summed E-state index contributed by atoms with van der Waals surface area (Å²) in [5.41, 5.74) is 3.19. The summed E-state index contributed by atoms with van der Waals surface area (Å²) in [5.74, 6) is 1.46. The summed E-state index contributed by atoms with van der Waals surface area (Å²) in [4.78, 5) is 14.2. The topological polar surface area (TPSA) is 63.1 Å². The highest BCUT2D eigenvalue weighted by Gasteiger charge is 2.32. The maximum Gasteiger partial charge on any atom is 0.321 e. The lowest BCUT2D eigenvalue weighted by atomic mass is 9.96. The molecule has 2 heterocycles. The summed E-state index contributed by atoms with van der Waals surface area (Å²) in [5, 5.41) is 11.2. The summed E-state index contributed by atoms with van der Waals surface area (Å²) in [6.07, 6.45) is 2.65. The first-order chi connectivity index (χ1) is 11.5. The van der Waals surface area contributed by atoms with Crippen LogP contribution >= 0.6 is 0 Å². The Morgan fingerprint density at radius 1 is 1.33 bits per heavy atom. The number of amides is 2. The van der Waals surface area contributed by atoms with E-state index in [1.807, 2.05) is 24.0 Å². The molecule has 0 aliphatic carbocycles. The molecular formula is C18H25N5O. The first-order valence-electron chi connectivity index (χ1n) is 8.46. The molecule has 0 spiro atoms. The van der Waals surface area contributed by atoms with Gasteiger partial charge in [-0.25, -0.2) is 4.79 Å². The number of aromatic nitrogens is 3. The van der Waals surface area contributed by atoms with Crippen molar-refractivity contribution in [2.75, 3.05) is 18.4 Å². The molecule has 0 unspecified atom stereocenters. The normalized spacial score (nSPS) is 14.8. The molecule has 2 amide bonds. The van der Waals surface area contributed by atoms with Gasteiger partial charge in [-0.3, -0.25) is 0 Å². The molecule has 1 aromatic carbocycles. The fraction of sp³-hybridized carbons (Fsp3) is 0.500. The van der Waals surface area contributed by atoms with E-state index in [0.717, 1.165) is 36.6 Å². The molecule has 1 fully saturated rings. The SMILES string of the molecule is Cc1cccc(NC(=O)N2CC(Cc3nncn3C(C)C)C2)c1C. The van der Waals surface area contributed by atoms with Gasteiger partial charge in [0.1, 0.15) is 12.2 Å². The van der Waals surface area contributed by atoms with Crippen LogP contribution in [0.1, 0.15) is 36.8 Å². The van der Waals surface area contributed by atoms with Crippen LogP contribution in [-0.2, 0) is 6.42 Å². The van der Waals surface area contributed by atoms with Crippen LogP contribution in [0.2, 0.25) is 0 Å². The van der Waals surface area contributed by atoms with Crippen LogP contribution in [0.15, 0.2) is 24.5 Å². The molecule has 0 bridgehead atoms. The Kier molecular flexibility index (Phi) is 4.55. The Hall–Kier alpha value is -2.37. The number of likely N-dealkylation sites (tertiary alicyclic amines) is 1. The molecule has 1 saturated heterocycles. The van der Waals surface area contributed by atoms with E-state index in [4.69, 9.17) is 0 Å². The average Bonchev–Trinajstić information content (AvgIpc) is 2.95. The number of carbonyl (C=O) groups is 1. The van der Waals surface area contributed by atoms with Crippen LogP contribution < -0.4 is 5.32 Å². The lowest BCUT2D eigenvalue weighted by Crippen LogP contribution is -2.52. The summed E-state index contributed by atoms with van der Waals surface area (Å²) >= 11 is 0. The van der Waals surface area contributed by atoms with Crippen LogP contribution in [0.25, 0.3) is 0 Å². The predicted molar refractivity (Wildman–Crippen MR) is 94.1 cm³/mol. The quantitative estimate of drug-likeness (QED) is 0.938. The summed E-state index contributed by atoms with van der Waals surface area (Å²) in [6.45, 7) is 9.86. The molecule has 1 aliphatic rings. The number of carbonyl (C=O) groups excluding carboxylic acids is 1. The number of hydrogen-bond donors (Lipinski definition) is 1.